The van der Waals surface area contributed by atoms with Gasteiger partial charge in [0.2, 0.25) is 0 Å². The molecule has 1 N–H and O–H groups in total. The Labute approximate surface area is 106 Å². The van der Waals surface area contributed by atoms with E-state index < -0.39 is 0 Å². The van der Waals surface area contributed by atoms with Crippen LogP contribution in [0.15, 0.2) is 0 Å². The molecule has 0 heterocycles. The van der Waals surface area contributed by atoms with Crippen molar-refractivity contribution in [3.8, 4) is 0 Å². The van der Waals surface area contributed by atoms with E-state index >= 15 is 0 Å². The predicted octanol–water partition coefficient (Wildman–Crippen LogP) is 2.02. The van der Waals surface area contributed by atoms with Gasteiger partial charge in [0, 0.05) is 25.2 Å². The van der Waals surface area contributed by atoms with Crippen LogP contribution in [0.3, 0.4) is 0 Å². The molecule has 2 rings (SSSR count). The summed E-state index contributed by atoms with van der Waals surface area (Å²) in [6.07, 6.45) is 9.65. The standard InChI is InChI=1S/C14H28N2O/c1-16(2)14(9-4-10-14)11-15-12-5-7-13(17-3)8-6-12/h12-13,15H,4-11H2,1-3H3. The zero-order valence-corrected chi connectivity index (χ0v) is 11.7. The minimum absolute atomic E-state index is 0.456. The molecule has 100 valence electrons. The van der Waals surface area contributed by atoms with E-state index in [9.17, 15) is 0 Å². The average Bonchev–Trinajstić information content (AvgIpc) is 2.28. The van der Waals surface area contributed by atoms with E-state index in [1.165, 1.54) is 51.5 Å². The van der Waals surface area contributed by atoms with Crippen LogP contribution in [0, 0.1) is 0 Å². The summed E-state index contributed by atoms with van der Waals surface area (Å²) in [5.41, 5.74) is 0.456. The third-order valence-electron chi connectivity index (χ3n) is 4.96. The average molecular weight is 240 g/mol. The third kappa shape index (κ3) is 3.01. The van der Waals surface area contributed by atoms with Gasteiger partial charge in [0.25, 0.3) is 0 Å². The lowest BCUT2D eigenvalue weighted by atomic mass is 9.75. The first kappa shape index (κ1) is 13.3. The Kier molecular flexibility index (Phi) is 4.45. The first-order valence-electron chi connectivity index (χ1n) is 7.10. The van der Waals surface area contributed by atoms with Gasteiger partial charge in [-0.15, -0.1) is 0 Å². The fraction of sp³-hybridized carbons (Fsp3) is 1.00. The number of likely N-dealkylation sites (N-methyl/N-ethyl adjacent to an activating group) is 1. The Morgan fingerprint density at radius 3 is 2.24 bits per heavy atom. The third-order valence-corrected chi connectivity index (χ3v) is 4.96. The van der Waals surface area contributed by atoms with Gasteiger partial charge in [-0.1, -0.05) is 0 Å². The SMILES string of the molecule is COC1CCC(NCC2(N(C)C)CCC2)CC1. The van der Waals surface area contributed by atoms with Gasteiger partial charge in [-0.25, -0.2) is 0 Å². The smallest absolute Gasteiger partial charge is 0.0572 e. The summed E-state index contributed by atoms with van der Waals surface area (Å²) >= 11 is 0. The summed E-state index contributed by atoms with van der Waals surface area (Å²) in [6, 6.07) is 0.721. The minimum Gasteiger partial charge on any atom is -0.381 e. The molecule has 0 aliphatic heterocycles. The highest BCUT2D eigenvalue weighted by molar-refractivity contribution is 4.98. The fourth-order valence-corrected chi connectivity index (χ4v) is 3.20. The van der Waals surface area contributed by atoms with E-state index in [1.54, 1.807) is 0 Å². The van der Waals surface area contributed by atoms with E-state index in [4.69, 9.17) is 4.74 Å². The maximum atomic E-state index is 5.42. The molecule has 0 unspecified atom stereocenters. The van der Waals surface area contributed by atoms with E-state index in [0.717, 1.165) is 6.04 Å². The summed E-state index contributed by atoms with van der Waals surface area (Å²) in [7, 11) is 6.29. The molecule has 0 amide bonds. The summed E-state index contributed by atoms with van der Waals surface area (Å²) in [6.45, 7) is 1.17. The van der Waals surface area contributed by atoms with E-state index in [0.29, 0.717) is 11.6 Å². The molecule has 0 spiro atoms. The monoisotopic (exact) mass is 240 g/mol. The van der Waals surface area contributed by atoms with Crippen LogP contribution >= 0.6 is 0 Å². The zero-order chi connectivity index (χ0) is 12.3. The minimum atomic E-state index is 0.456. The van der Waals surface area contributed by atoms with Crippen LogP contribution in [-0.4, -0.2) is 50.3 Å². The van der Waals surface area contributed by atoms with Crippen molar-refractivity contribution < 1.29 is 4.74 Å². The van der Waals surface area contributed by atoms with Crippen LogP contribution in [0.2, 0.25) is 0 Å². The number of rotatable bonds is 5. The molecule has 0 bridgehead atoms. The second kappa shape index (κ2) is 5.68. The van der Waals surface area contributed by atoms with Crippen molar-refractivity contribution >= 4 is 0 Å². The van der Waals surface area contributed by atoms with Crippen LogP contribution in [-0.2, 0) is 4.74 Å². The van der Waals surface area contributed by atoms with E-state index in [1.807, 2.05) is 7.11 Å². The number of nitrogens with one attached hydrogen (secondary N) is 1. The molecule has 0 aromatic rings. The van der Waals surface area contributed by atoms with Crippen molar-refractivity contribution in [3.63, 3.8) is 0 Å². The largest absolute Gasteiger partial charge is 0.381 e. The second-order valence-corrected chi connectivity index (χ2v) is 6.06. The lowest BCUT2D eigenvalue weighted by Gasteiger charge is -2.48. The topological polar surface area (TPSA) is 24.5 Å². The van der Waals surface area contributed by atoms with E-state index in [-0.39, 0.29) is 0 Å². The second-order valence-electron chi connectivity index (χ2n) is 6.06. The van der Waals surface area contributed by atoms with Gasteiger partial charge in [0.05, 0.1) is 6.10 Å². The maximum Gasteiger partial charge on any atom is 0.0572 e. The Morgan fingerprint density at radius 2 is 1.82 bits per heavy atom. The fourth-order valence-electron chi connectivity index (χ4n) is 3.20. The van der Waals surface area contributed by atoms with E-state index in [2.05, 4.69) is 24.3 Å². The molecule has 0 atom stereocenters. The van der Waals surface area contributed by atoms with Crippen molar-refractivity contribution in [2.45, 2.75) is 62.6 Å². The molecule has 2 aliphatic carbocycles. The van der Waals surface area contributed by atoms with Crippen molar-refractivity contribution in [2.75, 3.05) is 27.7 Å². The number of methoxy groups -OCH3 is 1. The number of nitrogens with zero attached hydrogens (tertiary/aromatic N) is 1. The van der Waals surface area contributed by atoms with Gasteiger partial charge in [-0.2, -0.15) is 0 Å². The van der Waals surface area contributed by atoms with Crippen LogP contribution in [0.4, 0.5) is 0 Å². The lowest BCUT2D eigenvalue weighted by Crippen LogP contribution is -2.58. The normalized spacial score (nSPS) is 32.5. The Bertz CT molecular complexity index is 230. The molecule has 3 heteroatoms. The van der Waals surface area contributed by atoms with Crippen LogP contribution in [0.25, 0.3) is 0 Å². The predicted molar refractivity (Wildman–Crippen MR) is 71.3 cm³/mol. The summed E-state index contributed by atoms with van der Waals surface area (Å²) in [5.74, 6) is 0. The Morgan fingerprint density at radius 1 is 1.18 bits per heavy atom. The van der Waals surface area contributed by atoms with Crippen molar-refractivity contribution in [2.24, 2.45) is 0 Å². The maximum absolute atomic E-state index is 5.42. The first-order valence-corrected chi connectivity index (χ1v) is 7.10. The summed E-state index contributed by atoms with van der Waals surface area (Å²) < 4.78 is 5.42. The molecule has 3 nitrogen and oxygen atoms in total. The van der Waals surface area contributed by atoms with Gasteiger partial charge >= 0.3 is 0 Å². The van der Waals surface area contributed by atoms with Gasteiger partial charge in [-0.05, 0) is 59.0 Å². The quantitative estimate of drug-likeness (QED) is 0.795. The van der Waals surface area contributed by atoms with Gasteiger partial charge < -0.3 is 15.0 Å². The molecule has 0 aromatic carbocycles. The van der Waals surface area contributed by atoms with Crippen molar-refractivity contribution in [3.05, 3.63) is 0 Å². The van der Waals surface area contributed by atoms with Crippen molar-refractivity contribution in [1.82, 2.24) is 10.2 Å². The van der Waals surface area contributed by atoms with Crippen molar-refractivity contribution in [1.29, 1.82) is 0 Å². The van der Waals surface area contributed by atoms with Gasteiger partial charge in [0.1, 0.15) is 0 Å². The molecular weight excluding hydrogens is 212 g/mol. The molecule has 17 heavy (non-hydrogen) atoms. The molecule has 2 fully saturated rings. The number of ether oxygens (including phenoxy) is 1. The Hall–Kier alpha value is -0.120. The van der Waals surface area contributed by atoms with Crippen LogP contribution in [0.5, 0.6) is 0 Å². The van der Waals surface area contributed by atoms with Gasteiger partial charge in [0.15, 0.2) is 0 Å². The number of hydrogen-bond donors (Lipinski definition) is 1. The highest BCUT2D eigenvalue weighted by Gasteiger charge is 2.39. The Balaban J connectivity index is 1.72. The zero-order valence-electron chi connectivity index (χ0n) is 11.7. The molecule has 0 radical (unpaired) electrons. The number of hydrogen-bond acceptors (Lipinski definition) is 3. The van der Waals surface area contributed by atoms with Crippen LogP contribution in [0.1, 0.15) is 44.9 Å². The molecule has 2 aliphatic rings. The van der Waals surface area contributed by atoms with Crippen LogP contribution < -0.4 is 5.32 Å². The lowest BCUT2D eigenvalue weighted by molar-refractivity contribution is 0.0422. The summed E-state index contributed by atoms with van der Waals surface area (Å²) in [4.78, 5) is 2.42. The molecule has 0 aromatic heterocycles. The first-order chi connectivity index (χ1) is 8.16. The molecule has 0 saturated heterocycles. The highest BCUT2D eigenvalue weighted by atomic mass is 16.5. The highest BCUT2D eigenvalue weighted by Crippen LogP contribution is 2.35. The molecular formula is C14H28N2O. The van der Waals surface area contributed by atoms with Gasteiger partial charge in [-0.3, -0.25) is 0 Å². The summed E-state index contributed by atoms with van der Waals surface area (Å²) in [5, 5.41) is 3.79. The molecule has 2 saturated carbocycles.